The lowest BCUT2D eigenvalue weighted by molar-refractivity contribution is -0.175. The summed E-state index contributed by atoms with van der Waals surface area (Å²) in [6.45, 7) is 5.59. The zero-order valence-electron chi connectivity index (χ0n) is 20.9. The molecule has 3 N–H and O–H groups in total. The van der Waals surface area contributed by atoms with Crippen molar-refractivity contribution < 1.29 is 46.7 Å². The van der Waals surface area contributed by atoms with Crippen LogP contribution in [0.25, 0.3) is 0 Å². The summed E-state index contributed by atoms with van der Waals surface area (Å²) in [6.07, 6.45) is -4.92. The minimum atomic E-state index is -5.13. The highest BCUT2D eigenvalue weighted by molar-refractivity contribution is 5.97. The molecule has 0 aromatic carbocycles. The fraction of sp³-hybridized carbons (Fsp3) is 0.727. The molecule has 1 aliphatic heterocycles. The number of hydrogen-bond donors (Lipinski definition) is 3. The summed E-state index contributed by atoms with van der Waals surface area (Å²) in [6, 6.07) is -5.05. The number of rotatable bonds is 11. The van der Waals surface area contributed by atoms with E-state index >= 15 is 0 Å². The molecule has 4 amide bonds. The van der Waals surface area contributed by atoms with Crippen molar-refractivity contribution in [1.29, 1.82) is 0 Å². The van der Waals surface area contributed by atoms with E-state index in [2.05, 4.69) is 20.7 Å². The number of halogens is 3. The molecule has 0 aromatic heterocycles. The third kappa shape index (κ3) is 8.79. The number of carbonyl (C=O) groups excluding carboxylic acids is 6. The topological polar surface area (TPSA) is 151 Å². The van der Waals surface area contributed by atoms with Crippen molar-refractivity contribution in [2.75, 3.05) is 13.7 Å². The fourth-order valence-corrected chi connectivity index (χ4v) is 3.61. The molecule has 1 heterocycles. The summed E-state index contributed by atoms with van der Waals surface area (Å²) in [5.74, 6) is -6.31. The number of esters is 1. The summed E-state index contributed by atoms with van der Waals surface area (Å²) < 4.78 is 43.1. The Morgan fingerprint density at radius 2 is 1.56 bits per heavy atom. The largest absolute Gasteiger partial charge is 0.469 e. The van der Waals surface area contributed by atoms with Gasteiger partial charge in [-0.25, -0.2) is 0 Å². The van der Waals surface area contributed by atoms with Gasteiger partial charge in [0.2, 0.25) is 23.6 Å². The second-order valence-corrected chi connectivity index (χ2v) is 8.88. The van der Waals surface area contributed by atoms with Crippen molar-refractivity contribution in [3.8, 4) is 0 Å². The highest BCUT2D eigenvalue weighted by Crippen LogP contribution is 2.23. The Morgan fingerprint density at radius 3 is 2.08 bits per heavy atom. The first kappa shape index (κ1) is 30.8. The van der Waals surface area contributed by atoms with Gasteiger partial charge in [0.15, 0.2) is 0 Å². The Bertz CT molecular complexity index is 863. The van der Waals surface area contributed by atoms with E-state index in [4.69, 9.17) is 0 Å². The van der Waals surface area contributed by atoms with E-state index in [1.165, 1.54) is 34.8 Å². The van der Waals surface area contributed by atoms with Gasteiger partial charge in [-0.05, 0) is 32.6 Å². The molecule has 1 fully saturated rings. The molecule has 1 saturated heterocycles. The van der Waals surface area contributed by atoms with Gasteiger partial charge in [0.1, 0.15) is 18.1 Å². The van der Waals surface area contributed by atoms with Crippen molar-refractivity contribution in [1.82, 2.24) is 20.9 Å². The van der Waals surface area contributed by atoms with Gasteiger partial charge >= 0.3 is 12.1 Å². The number of Topliss-reactive ketones (excluding diaryl/α,β-unsaturated/α-hetero) is 1. The second kappa shape index (κ2) is 13.2. The van der Waals surface area contributed by atoms with E-state index in [1.807, 2.05) is 0 Å². The maximum atomic E-state index is 12.9. The van der Waals surface area contributed by atoms with Crippen LogP contribution < -0.4 is 16.0 Å². The van der Waals surface area contributed by atoms with Crippen LogP contribution in [0, 0.1) is 5.92 Å². The van der Waals surface area contributed by atoms with Gasteiger partial charge in [0.05, 0.1) is 19.6 Å². The van der Waals surface area contributed by atoms with Crippen LogP contribution in [0.4, 0.5) is 13.2 Å². The molecule has 0 spiro atoms. The van der Waals surface area contributed by atoms with Crippen molar-refractivity contribution >= 4 is 35.4 Å². The Kier molecular flexibility index (Phi) is 11.3. The zero-order chi connectivity index (χ0) is 27.8. The van der Waals surface area contributed by atoms with Gasteiger partial charge in [-0.15, -0.1) is 0 Å². The predicted octanol–water partition coefficient (Wildman–Crippen LogP) is 0.212. The van der Waals surface area contributed by atoms with Crippen LogP contribution in [0.3, 0.4) is 0 Å². The molecule has 0 radical (unpaired) electrons. The summed E-state index contributed by atoms with van der Waals surface area (Å²) >= 11 is 0. The second-order valence-electron chi connectivity index (χ2n) is 8.88. The van der Waals surface area contributed by atoms with Crippen LogP contribution in [-0.2, 0) is 33.5 Å². The maximum Gasteiger partial charge on any atom is 0.452 e. The fourth-order valence-electron chi connectivity index (χ4n) is 3.61. The molecule has 204 valence electrons. The lowest BCUT2D eigenvalue weighted by Gasteiger charge is -2.30. The van der Waals surface area contributed by atoms with E-state index < -0.39 is 71.6 Å². The average Bonchev–Trinajstić information content (AvgIpc) is 3.28. The molecular formula is C22H33F3N4O7. The Morgan fingerprint density at radius 1 is 0.944 bits per heavy atom. The lowest BCUT2D eigenvalue weighted by atomic mass is 9.98. The van der Waals surface area contributed by atoms with Crippen LogP contribution in [0.5, 0.6) is 0 Å². The van der Waals surface area contributed by atoms with Gasteiger partial charge in [0.25, 0.3) is 5.78 Å². The predicted molar refractivity (Wildman–Crippen MR) is 119 cm³/mol. The smallest absolute Gasteiger partial charge is 0.452 e. The van der Waals surface area contributed by atoms with Crippen molar-refractivity contribution in [3.63, 3.8) is 0 Å². The number of ether oxygens (including phenoxy) is 1. The molecule has 1 rings (SSSR count). The Labute approximate surface area is 206 Å². The van der Waals surface area contributed by atoms with Crippen molar-refractivity contribution in [3.05, 3.63) is 0 Å². The summed E-state index contributed by atoms with van der Waals surface area (Å²) in [5, 5.41) is 6.93. The molecule has 1 aliphatic rings. The van der Waals surface area contributed by atoms with Crippen LogP contribution in [-0.4, -0.2) is 84.3 Å². The Hall–Kier alpha value is -3.19. The first-order valence-electron chi connectivity index (χ1n) is 11.5. The van der Waals surface area contributed by atoms with Gasteiger partial charge in [-0.2, -0.15) is 13.2 Å². The number of ketones is 1. The van der Waals surface area contributed by atoms with E-state index in [0.29, 0.717) is 6.42 Å². The minimum absolute atomic E-state index is 0.135. The first-order chi connectivity index (χ1) is 16.6. The summed E-state index contributed by atoms with van der Waals surface area (Å²) in [7, 11) is 1.17. The molecule has 0 saturated carbocycles. The van der Waals surface area contributed by atoms with E-state index in [-0.39, 0.29) is 25.8 Å². The van der Waals surface area contributed by atoms with Crippen LogP contribution in [0.2, 0.25) is 0 Å². The van der Waals surface area contributed by atoms with E-state index in [1.54, 1.807) is 0 Å². The van der Waals surface area contributed by atoms with Gasteiger partial charge < -0.3 is 25.6 Å². The number of carbonyl (C=O) groups is 6. The molecule has 0 aliphatic carbocycles. The lowest BCUT2D eigenvalue weighted by Crippen LogP contribution is -2.57. The molecule has 1 unspecified atom stereocenters. The number of amides is 4. The average molecular weight is 523 g/mol. The zero-order valence-corrected chi connectivity index (χ0v) is 20.9. The Balaban J connectivity index is 2.75. The molecule has 0 bridgehead atoms. The number of likely N-dealkylation sites (tertiary alicyclic amines) is 1. The molecule has 0 aromatic rings. The van der Waals surface area contributed by atoms with Crippen LogP contribution >= 0.6 is 0 Å². The van der Waals surface area contributed by atoms with Gasteiger partial charge in [-0.1, -0.05) is 13.8 Å². The maximum absolute atomic E-state index is 12.9. The number of methoxy groups -OCH3 is 1. The third-order valence-electron chi connectivity index (χ3n) is 5.65. The van der Waals surface area contributed by atoms with Crippen LogP contribution in [0.15, 0.2) is 0 Å². The number of hydrogen-bond acceptors (Lipinski definition) is 7. The highest BCUT2D eigenvalue weighted by atomic mass is 19.4. The van der Waals surface area contributed by atoms with Gasteiger partial charge in [-0.3, -0.25) is 28.8 Å². The third-order valence-corrected chi connectivity index (χ3v) is 5.65. The molecule has 36 heavy (non-hydrogen) atoms. The van der Waals surface area contributed by atoms with Crippen LogP contribution in [0.1, 0.15) is 53.4 Å². The quantitative estimate of drug-likeness (QED) is 0.328. The normalized spacial score (nSPS) is 18.1. The molecule has 14 heteroatoms. The summed E-state index contributed by atoms with van der Waals surface area (Å²) in [5.41, 5.74) is 0. The van der Waals surface area contributed by atoms with E-state index in [9.17, 15) is 41.9 Å². The number of nitrogens with one attached hydrogen (secondary N) is 3. The number of alkyl halides is 3. The molecule has 11 nitrogen and oxygen atoms in total. The highest BCUT2D eigenvalue weighted by Gasteiger charge is 2.46. The number of nitrogens with zero attached hydrogens (tertiary/aromatic N) is 1. The van der Waals surface area contributed by atoms with Crippen molar-refractivity contribution in [2.24, 2.45) is 5.92 Å². The minimum Gasteiger partial charge on any atom is -0.469 e. The van der Waals surface area contributed by atoms with E-state index in [0.717, 1.165) is 4.90 Å². The molecule has 4 atom stereocenters. The van der Waals surface area contributed by atoms with Crippen molar-refractivity contribution in [2.45, 2.75) is 83.7 Å². The first-order valence-corrected chi connectivity index (χ1v) is 11.5. The molecular weight excluding hydrogens is 489 g/mol. The SMILES string of the molecule is COC(=O)CCC(=O)N[C@@H](C)C(=O)N[C@@H](C)C(=O)N1CCC[C@H]1C(=O)NC(C(=O)C(F)(F)F)C(C)C. The summed E-state index contributed by atoms with van der Waals surface area (Å²) in [4.78, 5) is 73.8. The standard InChI is InChI=1S/C22H33F3N4O7/c1-11(2)17(18(32)22(23,24)25)28-20(34)14-7-6-10-29(14)21(35)13(4)27-19(33)12(3)26-15(30)8-9-16(31)36-5/h11-14,17H,6-10H2,1-5H3,(H,26,30)(H,27,33)(H,28,34)/t12-,13-,14-,17?/m0/s1. The van der Waals surface area contributed by atoms with Gasteiger partial charge in [0, 0.05) is 13.0 Å². The monoisotopic (exact) mass is 522 g/mol.